The van der Waals surface area contributed by atoms with Gasteiger partial charge in [-0.25, -0.2) is 9.97 Å². The zero-order chi connectivity index (χ0) is 37.7. The fraction of sp³-hybridized carbons (Fsp3) is 0.400. The van der Waals surface area contributed by atoms with Gasteiger partial charge in [-0.3, -0.25) is 19.2 Å². The van der Waals surface area contributed by atoms with Crippen molar-refractivity contribution in [2.75, 3.05) is 28.4 Å². The van der Waals surface area contributed by atoms with Crippen LogP contribution in [-0.2, 0) is 51.0 Å². The first kappa shape index (κ1) is 37.7. The van der Waals surface area contributed by atoms with Crippen molar-refractivity contribution in [2.24, 2.45) is 0 Å². The minimum atomic E-state index is -0.325. The molecule has 0 saturated heterocycles. The second kappa shape index (κ2) is 16.2. The first-order valence-corrected chi connectivity index (χ1v) is 17.3. The summed E-state index contributed by atoms with van der Waals surface area (Å²) in [6, 6.07) is 7.92. The summed E-state index contributed by atoms with van der Waals surface area (Å²) >= 11 is 0. The Morgan fingerprint density at radius 2 is 0.827 bits per heavy atom. The van der Waals surface area contributed by atoms with Gasteiger partial charge in [-0.05, 0) is 122 Å². The lowest BCUT2D eigenvalue weighted by Crippen LogP contribution is -2.02. The van der Waals surface area contributed by atoms with Crippen molar-refractivity contribution in [3.63, 3.8) is 0 Å². The lowest BCUT2D eigenvalue weighted by atomic mass is 9.99. The molecule has 5 rings (SSSR count). The molecule has 0 saturated carbocycles. The van der Waals surface area contributed by atoms with Crippen LogP contribution in [0.25, 0.3) is 44.4 Å². The number of hydrogen-bond donors (Lipinski definition) is 2. The fourth-order valence-electron chi connectivity index (χ4n) is 6.81. The van der Waals surface area contributed by atoms with E-state index in [1.165, 1.54) is 28.4 Å². The van der Waals surface area contributed by atoms with E-state index in [4.69, 9.17) is 28.9 Å². The van der Waals surface area contributed by atoms with Gasteiger partial charge in [-0.15, -0.1) is 0 Å². The van der Waals surface area contributed by atoms with Crippen LogP contribution in [0.1, 0.15) is 97.4 Å². The molecule has 0 aliphatic carbocycles. The van der Waals surface area contributed by atoms with Gasteiger partial charge in [-0.2, -0.15) is 0 Å². The standard InChI is InChI=1S/C40H46N4O8/c1-21-25(9-13-37(45)49-5)33-18-31-23(3)26(10-14-38(46)50-6)34(43-31)19-32-24(4)28(12-16-40(48)52-8)36(44-32)20-35-27(11-15-39(47)51-7)22(2)30(42-35)17-29(21)41-33/h17-20,43-44H,9-16H2,1-8H3. The highest BCUT2D eigenvalue weighted by Crippen LogP contribution is 2.38. The van der Waals surface area contributed by atoms with E-state index in [2.05, 4.69) is 9.97 Å². The Hall–Kier alpha value is -5.52. The summed E-state index contributed by atoms with van der Waals surface area (Å²) in [6.07, 6.45) is 2.44. The number of aryl methyl sites for hydroxylation is 4. The number of rotatable bonds is 12. The van der Waals surface area contributed by atoms with Gasteiger partial charge in [0.2, 0.25) is 0 Å². The van der Waals surface area contributed by atoms with Crippen molar-refractivity contribution in [1.82, 2.24) is 19.9 Å². The number of carbonyl (C=O) groups excluding carboxylic acids is 4. The number of carbonyl (C=O) groups is 4. The molecular formula is C40H46N4O8. The molecule has 0 atom stereocenters. The smallest absolute Gasteiger partial charge is 0.305 e. The number of fused-ring (bicyclic) bond motifs is 8. The summed E-state index contributed by atoms with van der Waals surface area (Å²) in [5.74, 6) is -1.27. The van der Waals surface area contributed by atoms with E-state index in [-0.39, 0.29) is 49.6 Å². The second-order valence-corrected chi connectivity index (χ2v) is 13.0. The molecule has 2 N–H and O–H groups in total. The molecule has 8 bridgehead atoms. The van der Waals surface area contributed by atoms with Crippen LogP contribution in [0.4, 0.5) is 0 Å². The van der Waals surface area contributed by atoms with Crippen LogP contribution < -0.4 is 0 Å². The number of esters is 4. The lowest BCUT2D eigenvalue weighted by molar-refractivity contribution is -0.141. The Labute approximate surface area is 302 Å². The molecule has 0 unspecified atom stereocenters. The Morgan fingerprint density at radius 3 is 1.23 bits per heavy atom. The molecule has 2 aliphatic heterocycles. The molecule has 3 aromatic heterocycles. The number of aromatic nitrogens is 4. The number of nitrogens with zero attached hydrogens (tertiary/aromatic N) is 2. The topological polar surface area (TPSA) is 163 Å². The Balaban J connectivity index is 1.87. The number of allylic oxidation sites excluding steroid dienone is 4. The van der Waals surface area contributed by atoms with E-state index in [9.17, 15) is 19.2 Å². The van der Waals surface area contributed by atoms with E-state index in [0.29, 0.717) is 48.5 Å². The first-order valence-electron chi connectivity index (χ1n) is 17.3. The van der Waals surface area contributed by atoms with Crippen LogP contribution in [-0.4, -0.2) is 72.3 Å². The molecule has 0 amide bonds. The van der Waals surface area contributed by atoms with Gasteiger partial charge < -0.3 is 28.9 Å². The van der Waals surface area contributed by atoms with Crippen molar-refractivity contribution in [3.8, 4) is 0 Å². The Bertz CT molecular complexity index is 2170. The van der Waals surface area contributed by atoms with Crippen LogP contribution in [0.5, 0.6) is 0 Å². The first-order chi connectivity index (χ1) is 24.9. The molecule has 274 valence electrons. The van der Waals surface area contributed by atoms with Gasteiger partial charge in [0.25, 0.3) is 0 Å². The maximum Gasteiger partial charge on any atom is 0.305 e. The van der Waals surface area contributed by atoms with E-state index < -0.39 is 0 Å². The quantitative estimate of drug-likeness (QED) is 0.149. The van der Waals surface area contributed by atoms with Gasteiger partial charge in [0, 0.05) is 47.8 Å². The third kappa shape index (κ3) is 8.01. The molecule has 0 spiro atoms. The molecule has 0 fully saturated rings. The number of ether oxygens (including phenoxy) is 4. The number of nitrogens with one attached hydrogen (secondary N) is 2. The third-order valence-electron chi connectivity index (χ3n) is 10.0. The molecular weight excluding hydrogens is 664 g/mol. The minimum Gasteiger partial charge on any atom is -0.469 e. The summed E-state index contributed by atoms with van der Waals surface area (Å²) in [6.45, 7) is 7.98. The Kier molecular flexibility index (Phi) is 11.8. The molecule has 2 aliphatic rings. The summed E-state index contributed by atoms with van der Waals surface area (Å²) < 4.78 is 19.8. The summed E-state index contributed by atoms with van der Waals surface area (Å²) in [7, 11) is 5.50. The summed E-state index contributed by atoms with van der Waals surface area (Å²) in [5, 5.41) is 0. The highest BCUT2D eigenvalue weighted by Gasteiger charge is 2.23. The second-order valence-electron chi connectivity index (χ2n) is 13.0. The van der Waals surface area contributed by atoms with Crippen molar-refractivity contribution in [1.29, 1.82) is 0 Å². The fourth-order valence-corrected chi connectivity index (χ4v) is 6.81. The van der Waals surface area contributed by atoms with Crippen molar-refractivity contribution >= 4 is 68.2 Å². The lowest BCUT2D eigenvalue weighted by Gasteiger charge is -2.05. The van der Waals surface area contributed by atoms with Crippen LogP contribution in [0.2, 0.25) is 0 Å². The van der Waals surface area contributed by atoms with Gasteiger partial charge >= 0.3 is 23.9 Å². The Morgan fingerprint density at radius 1 is 0.481 bits per heavy atom. The van der Waals surface area contributed by atoms with Crippen molar-refractivity contribution in [3.05, 3.63) is 69.3 Å². The molecule has 0 aromatic carbocycles. The SMILES string of the molecule is COC(=O)CCC1=C(C)c2cc3nc(cc4[nH]c(cc5[nH]c(cc1n2)c(C)c5CCC(=O)OC)c(C)c4CCC(=O)OC)C(CCC(=O)OC)=C3C. The zero-order valence-electron chi connectivity index (χ0n) is 31.1. The maximum atomic E-state index is 12.3. The van der Waals surface area contributed by atoms with Gasteiger partial charge in [0.1, 0.15) is 0 Å². The van der Waals surface area contributed by atoms with Gasteiger partial charge in [0.15, 0.2) is 0 Å². The zero-order valence-corrected chi connectivity index (χ0v) is 31.1. The van der Waals surface area contributed by atoms with E-state index in [1.54, 1.807) is 0 Å². The normalized spacial score (nSPS) is 12.6. The highest BCUT2D eigenvalue weighted by atomic mass is 16.5. The predicted octanol–water partition coefficient (Wildman–Crippen LogP) is 6.91. The molecule has 3 aromatic rings. The number of hydrogen-bond acceptors (Lipinski definition) is 10. The molecule has 52 heavy (non-hydrogen) atoms. The molecule has 12 heteroatoms. The van der Waals surface area contributed by atoms with Gasteiger partial charge in [0.05, 0.1) is 51.2 Å². The minimum absolute atomic E-state index is 0.175. The third-order valence-corrected chi connectivity index (χ3v) is 10.0. The van der Waals surface area contributed by atoms with Crippen LogP contribution in [0.15, 0.2) is 24.3 Å². The number of H-pyrrole nitrogens is 2. The van der Waals surface area contributed by atoms with E-state index in [0.717, 1.165) is 66.6 Å². The van der Waals surface area contributed by atoms with Crippen molar-refractivity contribution < 1.29 is 38.1 Å². The summed E-state index contributed by atoms with van der Waals surface area (Å²) in [4.78, 5) is 66.4. The van der Waals surface area contributed by atoms with Crippen LogP contribution in [0.3, 0.4) is 0 Å². The van der Waals surface area contributed by atoms with Crippen LogP contribution >= 0.6 is 0 Å². The number of methoxy groups -OCH3 is 4. The molecule has 5 heterocycles. The monoisotopic (exact) mass is 710 g/mol. The number of aromatic amines is 2. The average Bonchev–Trinajstić information content (AvgIpc) is 3.80. The van der Waals surface area contributed by atoms with E-state index >= 15 is 0 Å². The van der Waals surface area contributed by atoms with Crippen LogP contribution in [0, 0.1) is 13.8 Å². The van der Waals surface area contributed by atoms with E-state index in [1.807, 2.05) is 52.0 Å². The highest BCUT2D eigenvalue weighted by molar-refractivity contribution is 5.96. The predicted molar refractivity (Wildman–Crippen MR) is 199 cm³/mol. The van der Waals surface area contributed by atoms with Crippen molar-refractivity contribution in [2.45, 2.75) is 79.1 Å². The average molecular weight is 711 g/mol. The molecule has 0 radical (unpaired) electrons. The largest absolute Gasteiger partial charge is 0.469 e. The molecule has 12 nitrogen and oxygen atoms in total. The summed E-state index contributed by atoms with van der Waals surface area (Å²) in [5.41, 5.74) is 13.5. The maximum absolute atomic E-state index is 12.3. The van der Waals surface area contributed by atoms with Gasteiger partial charge in [-0.1, -0.05) is 0 Å².